The lowest BCUT2D eigenvalue weighted by Gasteiger charge is -2.21. The zero-order chi connectivity index (χ0) is 15.0. The monoisotopic (exact) mass is 295 g/mol. The van der Waals surface area contributed by atoms with E-state index in [9.17, 15) is 0 Å². The molecule has 1 aliphatic heterocycles. The molecule has 0 amide bonds. The molecule has 0 aliphatic carbocycles. The summed E-state index contributed by atoms with van der Waals surface area (Å²) >= 11 is 0. The van der Waals surface area contributed by atoms with E-state index in [1.54, 1.807) is 0 Å². The first kappa shape index (κ1) is 15.3. The molecule has 1 heterocycles. The van der Waals surface area contributed by atoms with E-state index in [0.717, 1.165) is 32.2 Å². The van der Waals surface area contributed by atoms with E-state index in [2.05, 4.69) is 59.9 Å². The van der Waals surface area contributed by atoms with Crippen LogP contribution < -0.4 is 5.32 Å². The molecule has 116 valence electrons. The maximum absolute atomic E-state index is 5.40. The molecule has 1 N–H and O–H groups in total. The van der Waals surface area contributed by atoms with Crippen molar-refractivity contribution in [3.63, 3.8) is 0 Å². The van der Waals surface area contributed by atoms with Crippen molar-refractivity contribution in [3.8, 4) is 11.1 Å². The molecule has 2 nitrogen and oxygen atoms in total. The SMILES string of the molecule is c1ccc(-c2ccc(CNCCC3CCOCC3)cc2)cc1. The number of ether oxygens (including phenoxy) is 1. The smallest absolute Gasteiger partial charge is 0.0468 e. The molecule has 1 saturated heterocycles. The molecule has 0 unspecified atom stereocenters. The molecule has 1 aliphatic rings. The first-order valence-corrected chi connectivity index (χ1v) is 8.34. The van der Waals surface area contributed by atoms with Gasteiger partial charge in [0.2, 0.25) is 0 Å². The second-order valence-corrected chi connectivity index (χ2v) is 6.08. The third kappa shape index (κ3) is 4.43. The van der Waals surface area contributed by atoms with Crippen LogP contribution in [0.25, 0.3) is 11.1 Å². The number of benzene rings is 2. The summed E-state index contributed by atoms with van der Waals surface area (Å²) in [4.78, 5) is 0. The average Bonchev–Trinajstić information content (AvgIpc) is 2.61. The van der Waals surface area contributed by atoms with Crippen LogP contribution in [0.1, 0.15) is 24.8 Å². The Kier molecular flexibility index (Phi) is 5.63. The summed E-state index contributed by atoms with van der Waals surface area (Å²) in [6.07, 6.45) is 3.73. The van der Waals surface area contributed by atoms with E-state index in [0.29, 0.717) is 0 Å². The van der Waals surface area contributed by atoms with Crippen LogP contribution in [0.3, 0.4) is 0 Å². The van der Waals surface area contributed by atoms with E-state index in [4.69, 9.17) is 4.74 Å². The minimum absolute atomic E-state index is 0.849. The third-order valence-electron chi connectivity index (χ3n) is 4.46. The van der Waals surface area contributed by atoms with E-state index >= 15 is 0 Å². The van der Waals surface area contributed by atoms with Gasteiger partial charge in [-0.05, 0) is 48.4 Å². The maximum Gasteiger partial charge on any atom is 0.0468 e. The van der Waals surface area contributed by atoms with Crippen molar-refractivity contribution >= 4 is 0 Å². The van der Waals surface area contributed by atoms with Crippen molar-refractivity contribution in [2.24, 2.45) is 5.92 Å². The van der Waals surface area contributed by atoms with Gasteiger partial charge in [-0.3, -0.25) is 0 Å². The molecule has 0 saturated carbocycles. The Bertz CT molecular complexity index is 544. The highest BCUT2D eigenvalue weighted by atomic mass is 16.5. The Labute approximate surface area is 133 Å². The van der Waals surface area contributed by atoms with E-state index in [1.165, 1.54) is 36.0 Å². The van der Waals surface area contributed by atoms with Crippen LogP contribution in [0.4, 0.5) is 0 Å². The first-order chi connectivity index (χ1) is 10.9. The zero-order valence-electron chi connectivity index (χ0n) is 13.1. The van der Waals surface area contributed by atoms with Gasteiger partial charge in [0.25, 0.3) is 0 Å². The minimum Gasteiger partial charge on any atom is -0.381 e. The molecule has 0 radical (unpaired) electrons. The summed E-state index contributed by atoms with van der Waals surface area (Å²) in [5.74, 6) is 0.849. The Balaban J connectivity index is 1.43. The molecule has 1 fully saturated rings. The second-order valence-electron chi connectivity index (χ2n) is 6.08. The molecule has 0 bridgehead atoms. The van der Waals surface area contributed by atoms with Gasteiger partial charge in [-0.2, -0.15) is 0 Å². The zero-order valence-corrected chi connectivity index (χ0v) is 13.1. The second kappa shape index (κ2) is 8.11. The topological polar surface area (TPSA) is 21.3 Å². The number of hydrogen-bond acceptors (Lipinski definition) is 2. The lowest BCUT2D eigenvalue weighted by atomic mass is 9.97. The molecule has 2 aromatic carbocycles. The molecule has 2 heteroatoms. The van der Waals surface area contributed by atoms with Gasteiger partial charge < -0.3 is 10.1 Å². The van der Waals surface area contributed by atoms with Crippen LogP contribution in [-0.4, -0.2) is 19.8 Å². The molecule has 22 heavy (non-hydrogen) atoms. The normalized spacial score (nSPS) is 15.8. The fourth-order valence-electron chi connectivity index (χ4n) is 3.02. The van der Waals surface area contributed by atoms with Crippen molar-refractivity contribution in [2.75, 3.05) is 19.8 Å². The van der Waals surface area contributed by atoms with Gasteiger partial charge in [0, 0.05) is 19.8 Å². The van der Waals surface area contributed by atoms with Crippen molar-refractivity contribution in [1.29, 1.82) is 0 Å². The summed E-state index contributed by atoms with van der Waals surface area (Å²) in [6.45, 7) is 3.96. The molecular formula is C20H25NO. The molecule has 0 atom stereocenters. The Hall–Kier alpha value is -1.64. The summed E-state index contributed by atoms with van der Waals surface area (Å²) in [7, 11) is 0. The van der Waals surface area contributed by atoms with Crippen LogP contribution in [0.2, 0.25) is 0 Å². The molecule has 3 rings (SSSR count). The Morgan fingerprint density at radius 1 is 0.864 bits per heavy atom. The summed E-state index contributed by atoms with van der Waals surface area (Å²) in [6, 6.07) is 19.4. The van der Waals surface area contributed by atoms with Gasteiger partial charge in [0.05, 0.1) is 0 Å². The van der Waals surface area contributed by atoms with E-state index in [-0.39, 0.29) is 0 Å². The highest BCUT2D eigenvalue weighted by Crippen LogP contribution is 2.19. The first-order valence-electron chi connectivity index (χ1n) is 8.34. The van der Waals surface area contributed by atoms with Gasteiger partial charge >= 0.3 is 0 Å². The van der Waals surface area contributed by atoms with Crippen LogP contribution in [-0.2, 0) is 11.3 Å². The van der Waals surface area contributed by atoms with Gasteiger partial charge in [0.1, 0.15) is 0 Å². The van der Waals surface area contributed by atoms with Crippen molar-refractivity contribution < 1.29 is 4.74 Å². The largest absolute Gasteiger partial charge is 0.381 e. The van der Waals surface area contributed by atoms with Gasteiger partial charge in [-0.25, -0.2) is 0 Å². The van der Waals surface area contributed by atoms with Crippen LogP contribution in [0.5, 0.6) is 0 Å². The third-order valence-corrected chi connectivity index (χ3v) is 4.46. The van der Waals surface area contributed by atoms with E-state index in [1.807, 2.05) is 0 Å². The summed E-state index contributed by atoms with van der Waals surface area (Å²) in [5.41, 5.74) is 3.92. The predicted molar refractivity (Wildman–Crippen MR) is 91.7 cm³/mol. The summed E-state index contributed by atoms with van der Waals surface area (Å²) in [5, 5.41) is 3.57. The quantitative estimate of drug-likeness (QED) is 0.804. The molecular weight excluding hydrogens is 270 g/mol. The highest BCUT2D eigenvalue weighted by molar-refractivity contribution is 5.63. The fourth-order valence-corrected chi connectivity index (χ4v) is 3.02. The summed E-state index contributed by atoms with van der Waals surface area (Å²) < 4.78 is 5.40. The Morgan fingerprint density at radius 2 is 1.55 bits per heavy atom. The predicted octanol–water partition coefficient (Wildman–Crippen LogP) is 4.26. The lowest BCUT2D eigenvalue weighted by molar-refractivity contribution is 0.0639. The fraction of sp³-hybridized carbons (Fsp3) is 0.400. The number of nitrogens with one attached hydrogen (secondary N) is 1. The standard InChI is InChI=1S/C20H25NO/c1-2-4-19(5-3-1)20-8-6-18(7-9-20)16-21-13-10-17-11-14-22-15-12-17/h1-9,17,21H,10-16H2. The number of hydrogen-bond donors (Lipinski definition) is 1. The van der Waals surface area contributed by atoms with Gasteiger partial charge in [-0.15, -0.1) is 0 Å². The minimum atomic E-state index is 0.849. The van der Waals surface area contributed by atoms with Crippen molar-refractivity contribution in [3.05, 3.63) is 60.2 Å². The average molecular weight is 295 g/mol. The molecule has 0 aromatic heterocycles. The molecule has 0 spiro atoms. The van der Waals surface area contributed by atoms with Gasteiger partial charge in [0.15, 0.2) is 0 Å². The van der Waals surface area contributed by atoms with Crippen LogP contribution >= 0.6 is 0 Å². The van der Waals surface area contributed by atoms with E-state index < -0.39 is 0 Å². The van der Waals surface area contributed by atoms with Gasteiger partial charge in [-0.1, -0.05) is 54.6 Å². The van der Waals surface area contributed by atoms with Crippen molar-refractivity contribution in [2.45, 2.75) is 25.8 Å². The Morgan fingerprint density at radius 3 is 2.27 bits per heavy atom. The van der Waals surface area contributed by atoms with Crippen LogP contribution in [0, 0.1) is 5.92 Å². The van der Waals surface area contributed by atoms with Crippen molar-refractivity contribution in [1.82, 2.24) is 5.32 Å². The lowest BCUT2D eigenvalue weighted by Crippen LogP contribution is -2.22. The van der Waals surface area contributed by atoms with Crippen LogP contribution in [0.15, 0.2) is 54.6 Å². The highest BCUT2D eigenvalue weighted by Gasteiger charge is 2.12. The number of rotatable bonds is 6. The maximum atomic E-state index is 5.40. The molecule has 2 aromatic rings.